The van der Waals surface area contributed by atoms with Gasteiger partial charge in [0.25, 0.3) is 5.91 Å². The van der Waals surface area contributed by atoms with Gasteiger partial charge in [0.2, 0.25) is 12.6 Å². The summed E-state index contributed by atoms with van der Waals surface area (Å²) in [5.41, 5.74) is 3.02. The van der Waals surface area contributed by atoms with Crippen molar-refractivity contribution < 1.29 is 28.2 Å². The minimum atomic E-state index is -0.683. The molecule has 2 aliphatic rings. The quantitative estimate of drug-likeness (QED) is 0.205. The van der Waals surface area contributed by atoms with Gasteiger partial charge in [-0.25, -0.2) is 0 Å². The molecule has 0 radical (unpaired) electrons. The van der Waals surface area contributed by atoms with Crippen molar-refractivity contribution in [3.63, 3.8) is 0 Å². The molecule has 6 rings (SSSR count). The van der Waals surface area contributed by atoms with Gasteiger partial charge in [0.15, 0.2) is 28.4 Å². The molecule has 1 amide bonds. The Kier molecular flexibility index (Phi) is 7.30. The molecule has 1 aromatic heterocycles. The molecule has 2 aliphatic heterocycles. The maximum atomic E-state index is 14.0. The van der Waals surface area contributed by atoms with Crippen LogP contribution in [0.3, 0.4) is 0 Å². The Morgan fingerprint density at radius 1 is 0.902 bits per heavy atom. The number of fused-ring (bicyclic) bond motifs is 3. The summed E-state index contributed by atoms with van der Waals surface area (Å²) in [5.74, 6) is 2.22. The normalized spacial score (nSPS) is 15.4. The predicted octanol–water partition coefficient (Wildman–Crippen LogP) is 6.54. The van der Waals surface area contributed by atoms with Crippen LogP contribution >= 0.6 is 0 Å². The molecule has 1 atom stereocenters. The highest BCUT2D eigenvalue weighted by Crippen LogP contribution is 2.42. The first kappa shape index (κ1) is 26.7. The molecule has 0 spiro atoms. The third-order valence-electron chi connectivity index (χ3n) is 7.50. The summed E-state index contributed by atoms with van der Waals surface area (Å²) in [7, 11) is 0. The number of hydrogen-bond donors (Lipinski definition) is 0. The number of benzene rings is 3. The highest BCUT2D eigenvalue weighted by Gasteiger charge is 2.43. The molecule has 8 heteroatoms. The lowest BCUT2D eigenvalue weighted by molar-refractivity contribution is 0.0714. The second-order valence-electron chi connectivity index (χ2n) is 10.4. The molecule has 212 valence electrons. The van der Waals surface area contributed by atoms with Gasteiger partial charge in [-0.2, -0.15) is 0 Å². The summed E-state index contributed by atoms with van der Waals surface area (Å²) in [5, 5.41) is 0.451. The standard InChI is InChI=1S/C33H33NO7/c1-4-6-7-14-38-25-13-10-22(17-28(25)37-5-2)30-29-31(35)23-15-20(3)8-11-24(23)41-32(29)33(36)34(30)18-21-9-12-26-27(16-21)40-19-39-26/h8-13,15-17,30H,4-7,14,18-19H2,1-3H3/t30-/m0/s1. The van der Waals surface area contributed by atoms with Gasteiger partial charge in [0.1, 0.15) is 5.58 Å². The van der Waals surface area contributed by atoms with E-state index >= 15 is 0 Å². The van der Waals surface area contributed by atoms with Crippen molar-refractivity contribution in [2.24, 2.45) is 0 Å². The van der Waals surface area contributed by atoms with Crippen molar-refractivity contribution in [2.45, 2.75) is 52.6 Å². The van der Waals surface area contributed by atoms with Crippen molar-refractivity contribution in [3.05, 3.63) is 92.8 Å². The molecular weight excluding hydrogens is 522 g/mol. The van der Waals surface area contributed by atoms with Gasteiger partial charge >= 0.3 is 0 Å². The van der Waals surface area contributed by atoms with Gasteiger partial charge in [0, 0.05) is 6.54 Å². The first-order valence-corrected chi connectivity index (χ1v) is 14.1. The second kappa shape index (κ2) is 11.2. The van der Waals surface area contributed by atoms with Crippen LogP contribution < -0.4 is 24.4 Å². The number of carbonyl (C=O) groups is 1. The van der Waals surface area contributed by atoms with Crippen molar-refractivity contribution in [2.75, 3.05) is 20.0 Å². The molecule has 3 aromatic carbocycles. The lowest BCUT2D eigenvalue weighted by Gasteiger charge is -2.26. The Bertz CT molecular complexity index is 1670. The summed E-state index contributed by atoms with van der Waals surface area (Å²) in [4.78, 5) is 29.6. The zero-order valence-corrected chi connectivity index (χ0v) is 23.5. The van der Waals surface area contributed by atoms with Crippen LogP contribution in [0.5, 0.6) is 23.0 Å². The lowest BCUT2D eigenvalue weighted by Crippen LogP contribution is -2.29. The summed E-state index contributed by atoms with van der Waals surface area (Å²) in [6, 6.07) is 16.0. The molecule has 0 N–H and O–H groups in total. The zero-order valence-electron chi connectivity index (χ0n) is 23.5. The molecule has 0 fully saturated rings. The van der Waals surface area contributed by atoms with E-state index in [1.165, 1.54) is 0 Å². The average molecular weight is 556 g/mol. The molecule has 0 saturated heterocycles. The largest absolute Gasteiger partial charge is 0.490 e. The number of unbranched alkanes of at least 4 members (excludes halogenated alkanes) is 2. The number of rotatable bonds is 10. The molecule has 4 aromatic rings. The van der Waals surface area contributed by atoms with Crippen molar-refractivity contribution in [3.8, 4) is 23.0 Å². The van der Waals surface area contributed by atoms with E-state index in [1.54, 1.807) is 11.0 Å². The minimum Gasteiger partial charge on any atom is -0.490 e. The van der Waals surface area contributed by atoms with Crippen LogP contribution in [-0.4, -0.2) is 30.8 Å². The van der Waals surface area contributed by atoms with E-state index in [-0.39, 0.29) is 30.4 Å². The van der Waals surface area contributed by atoms with Crippen molar-refractivity contribution >= 4 is 16.9 Å². The SMILES string of the molecule is CCCCCOc1ccc([C@H]2c3c(oc4ccc(C)cc4c3=O)C(=O)N2Cc2ccc3c(c2)OCO3)cc1OCC. The van der Waals surface area contributed by atoms with Crippen LogP contribution in [0.15, 0.2) is 63.8 Å². The summed E-state index contributed by atoms with van der Waals surface area (Å²) in [6.45, 7) is 7.42. The molecule has 0 saturated carbocycles. The van der Waals surface area contributed by atoms with Gasteiger partial charge in [-0.3, -0.25) is 9.59 Å². The lowest BCUT2D eigenvalue weighted by atomic mass is 9.97. The highest BCUT2D eigenvalue weighted by atomic mass is 16.7. The fourth-order valence-corrected chi connectivity index (χ4v) is 5.50. The molecular formula is C33H33NO7. The van der Waals surface area contributed by atoms with Crippen molar-refractivity contribution in [1.29, 1.82) is 0 Å². The monoisotopic (exact) mass is 555 g/mol. The van der Waals surface area contributed by atoms with E-state index in [4.69, 9.17) is 23.4 Å². The minimum absolute atomic E-state index is 0.0648. The Balaban J connectivity index is 1.45. The molecule has 0 bridgehead atoms. The Morgan fingerprint density at radius 2 is 1.76 bits per heavy atom. The van der Waals surface area contributed by atoms with E-state index in [2.05, 4.69) is 6.92 Å². The fourth-order valence-electron chi connectivity index (χ4n) is 5.50. The molecule has 0 unspecified atom stereocenters. The van der Waals surface area contributed by atoms with Gasteiger partial charge in [0.05, 0.1) is 30.2 Å². The van der Waals surface area contributed by atoms with E-state index < -0.39 is 6.04 Å². The topological polar surface area (TPSA) is 87.4 Å². The number of carbonyl (C=O) groups excluding carboxylic acids is 1. The predicted molar refractivity (Wildman–Crippen MR) is 154 cm³/mol. The first-order chi connectivity index (χ1) is 20.0. The smallest absolute Gasteiger partial charge is 0.291 e. The van der Waals surface area contributed by atoms with Crippen LogP contribution in [0.1, 0.15) is 72.0 Å². The Hall–Kier alpha value is -4.46. The number of aryl methyl sites for hydroxylation is 1. The fraction of sp³-hybridized carbons (Fsp3) is 0.333. The van der Waals surface area contributed by atoms with Gasteiger partial charge in [-0.15, -0.1) is 0 Å². The van der Waals surface area contributed by atoms with E-state index in [0.717, 1.165) is 36.0 Å². The number of nitrogens with zero attached hydrogens (tertiary/aromatic N) is 1. The van der Waals surface area contributed by atoms with Crippen LogP contribution in [0.25, 0.3) is 11.0 Å². The maximum Gasteiger partial charge on any atom is 0.291 e. The summed E-state index contributed by atoms with van der Waals surface area (Å²) in [6.07, 6.45) is 3.14. The van der Waals surface area contributed by atoms with Crippen LogP contribution in [0.4, 0.5) is 0 Å². The van der Waals surface area contributed by atoms with Crippen molar-refractivity contribution in [1.82, 2.24) is 4.90 Å². The van der Waals surface area contributed by atoms with Gasteiger partial charge < -0.3 is 28.3 Å². The van der Waals surface area contributed by atoms with Crippen LogP contribution in [0.2, 0.25) is 0 Å². The van der Waals surface area contributed by atoms with E-state index in [9.17, 15) is 9.59 Å². The number of amides is 1. The maximum absolute atomic E-state index is 14.0. The molecule has 0 aliphatic carbocycles. The summed E-state index contributed by atoms with van der Waals surface area (Å²) < 4.78 is 29.2. The van der Waals surface area contributed by atoms with Crippen LogP contribution in [0, 0.1) is 6.92 Å². The average Bonchev–Trinajstić information content (AvgIpc) is 3.55. The van der Waals surface area contributed by atoms with E-state index in [1.807, 2.05) is 62.4 Å². The molecule has 41 heavy (non-hydrogen) atoms. The first-order valence-electron chi connectivity index (χ1n) is 14.1. The Morgan fingerprint density at radius 3 is 2.59 bits per heavy atom. The van der Waals surface area contributed by atoms with E-state index in [0.29, 0.717) is 52.7 Å². The third kappa shape index (κ3) is 4.99. The molecule has 8 nitrogen and oxygen atoms in total. The summed E-state index contributed by atoms with van der Waals surface area (Å²) >= 11 is 0. The number of hydrogen-bond acceptors (Lipinski definition) is 7. The zero-order chi connectivity index (χ0) is 28.5. The molecule has 3 heterocycles. The highest BCUT2D eigenvalue weighted by molar-refractivity contribution is 5.99. The van der Waals surface area contributed by atoms with Gasteiger partial charge in [-0.05, 0) is 67.8 Å². The van der Waals surface area contributed by atoms with Gasteiger partial charge in [-0.1, -0.05) is 43.5 Å². The Labute approximate surface area is 238 Å². The number of ether oxygens (including phenoxy) is 4. The second-order valence-corrected chi connectivity index (χ2v) is 10.4. The van der Waals surface area contributed by atoms with Crippen LogP contribution in [-0.2, 0) is 6.54 Å². The third-order valence-corrected chi connectivity index (χ3v) is 7.50.